The number of aryl methyl sites for hydroxylation is 1. The van der Waals surface area contributed by atoms with Crippen molar-refractivity contribution in [3.63, 3.8) is 0 Å². The summed E-state index contributed by atoms with van der Waals surface area (Å²) in [5.41, 5.74) is 0.734. The van der Waals surface area contributed by atoms with Crippen molar-refractivity contribution in [3.8, 4) is 0 Å². The number of amides is 1. The normalized spacial score (nSPS) is 12.1. The molecule has 1 aromatic carbocycles. The molecule has 0 spiro atoms. The molecule has 0 bridgehead atoms. The van der Waals surface area contributed by atoms with Gasteiger partial charge in [-0.3, -0.25) is 4.79 Å². The Bertz CT molecular complexity index is 612. The molecule has 8 heteroatoms. The van der Waals surface area contributed by atoms with Gasteiger partial charge in [0.2, 0.25) is 5.82 Å². The summed E-state index contributed by atoms with van der Waals surface area (Å²) >= 11 is 5.81. The third-order valence-corrected chi connectivity index (χ3v) is 3.34. The fraction of sp³-hybridized carbons (Fsp3) is 0.429. The Morgan fingerprint density at radius 1 is 1.36 bits per heavy atom. The molecule has 2 N–H and O–H groups in total. The third-order valence-electron chi connectivity index (χ3n) is 3.09. The van der Waals surface area contributed by atoms with Crippen LogP contribution < -0.4 is 10.2 Å². The fourth-order valence-electron chi connectivity index (χ4n) is 2.08. The van der Waals surface area contributed by atoms with E-state index < -0.39 is 0 Å². The number of quaternary nitrogens is 1. The van der Waals surface area contributed by atoms with Gasteiger partial charge in [0.05, 0.1) is 7.05 Å². The van der Waals surface area contributed by atoms with E-state index in [1.54, 1.807) is 28.9 Å². The Kier molecular flexibility index (Phi) is 5.85. The number of nitrogens with one attached hydrogen (secondary N) is 2. The molecule has 0 radical (unpaired) electrons. The van der Waals surface area contributed by atoms with Crippen LogP contribution in [0.5, 0.6) is 0 Å². The maximum atomic E-state index is 12.0. The molecular weight excluding hydrogens is 304 g/mol. The van der Waals surface area contributed by atoms with E-state index in [1.165, 1.54) is 0 Å². The van der Waals surface area contributed by atoms with Crippen molar-refractivity contribution in [1.29, 1.82) is 0 Å². The molecule has 1 atom stereocenters. The van der Waals surface area contributed by atoms with Crippen LogP contribution in [0.25, 0.3) is 0 Å². The lowest BCUT2D eigenvalue weighted by Gasteiger charge is -2.13. The van der Waals surface area contributed by atoms with Gasteiger partial charge in [0.15, 0.2) is 6.54 Å². The molecule has 1 amide bonds. The number of nitrogens with zero attached hydrogens (tertiary/aromatic N) is 4. The lowest BCUT2D eigenvalue weighted by atomic mass is 10.3. The van der Waals surface area contributed by atoms with Gasteiger partial charge in [0.1, 0.15) is 6.54 Å². The number of tetrazole rings is 1. The number of likely N-dealkylation sites (N-methyl/N-ethyl adjacent to an activating group) is 1. The van der Waals surface area contributed by atoms with Gasteiger partial charge in [-0.05, 0) is 41.1 Å². The summed E-state index contributed by atoms with van der Waals surface area (Å²) in [7, 11) is 1.94. The monoisotopic (exact) mass is 323 g/mol. The van der Waals surface area contributed by atoms with Crippen LogP contribution in [0.2, 0.25) is 5.02 Å². The molecule has 118 valence electrons. The number of aromatic nitrogens is 4. The second-order valence-corrected chi connectivity index (χ2v) is 5.62. The highest BCUT2D eigenvalue weighted by Crippen LogP contribution is 2.12. The quantitative estimate of drug-likeness (QED) is 0.773. The molecular formula is C14H20ClN6O+. The van der Waals surface area contributed by atoms with E-state index in [4.69, 9.17) is 11.6 Å². The zero-order chi connectivity index (χ0) is 15.9. The largest absolute Gasteiger partial charge is 0.323 e. The second kappa shape index (κ2) is 7.86. The average Bonchev–Trinajstić information content (AvgIpc) is 2.89. The number of carbonyl (C=O) groups excluding carboxylic acids is 1. The minimum absolute atomic E-state index is 0.0608. The minimum atomic E-state index is -0.0608. The molecule has 0 saturated carbocycles. The summed E-state index contributed by atoms with van der Waals surface area (Å²) in [6.45, 7) is 3.79. The highest BCUT2D eigenvalue weighted by molar-refractivity contribution is 6.30. The van der Waals surface area contributed by atoms with Crippen LogP contribution >= 0.6 is 11.6 Å². The molecule has 2 rings (SSSR count). The first kappa shape index (κ1) is 16.4. The number of benzene rings is 1. The zero-order valence-electron chi connectivity index (χ0n) is 12.7. The first-order valence-electron chi connectivity index (χ1n) is 7.20. The summed E-state index contributed by atoms with van der Waals surface area (Å²) in [6.07, 6.45) is 0.966. The van der Waals surface area contributed by atoms with Crippen molar-refractivity contribution in [1.82, 2.24) is 20.2 Å². The van der Waals surface area contributed by atoms with Crippen molar-refractivity contribution in [2.24, 2.45) is 0 Å². The summed E-state index contributed by atoms with van der Waals surface area (Å²) in [6, 6.07) is 7.04. The van der Waals surface area contributed by atoms with Gasteiger partial charge in [-0.15, -0.1) is 5.10 Å². The van der Waals surface area contributed by atoms with Gasteiger partial charge in [-0.1, -0.05) is 18.5 Å². The van der Waals surface area contributed by atoms with E-state index in [0.717, 1.165) is 29.4 Å². The molecule has 1 aromatic heterocycles. The lowest BCUT2D eigenvalue weighted by molar-refractivity contribution is -0.886. The number of carbonyl (C=O) groups is 1. The Labute approximate surface area is 134 Å². The summed E-state index contributed by atoms with van der Waals surface area (Å²) in [5, 5.41) is 15.1. The van der Waals surface area contributed by atoms with Crippen LogP contribution in [0.3, 0.4) is 0 Å². The van der Waals surface area contributed by atoms with Crippen molar-refractivity contribution >= 4 is 23.2 Å². The summed E-state index contributed by atoms with van der Waals surface area (Å²) in [5.74, 6) is 0.730. The Morgan fingerprint density at radius 3 is 2.77 bits per heavy atom. The van der Waals surface area contributed by atoms with E-state index in [1.807, 2.05) is 7.05 Å². The van der Waals surface area contributed by atoms with Crippen LogP contribution in [-0.2, 0) is 17.9 Å². The predicted molar refractivity (Wildman–Crippen MR) is 83.6 cm³/mol. The van der Waals surface area contributed by atoms with Crippen LogP contribution in [-0.4, -0.2) is 39.7 Å². The van der Waals surface area contributed by atoms with Gasteiger partial charge >= 0.3 is 0 Å². The number of rotatable bonds is 7. The Balaban J connectivity index is 1.85. The first-order valence-corrected chi connectivity index (χ1v) is 7.58. The van der Waals surface area contributed by atoms with Gasteiger partial charge in [-0.25, -0.2) is 4.68 Å². The molecule has 2 aromatic rings. The summed E-state index contributed by atoms with van der Waals surface area (Å²) in [4.78, 5) is 13.0. The number of hydrogen-bond donors (Lipinski definition) is 2. The first-order chi connectivity index (χ1) is 10.6. The van der Waals surface area contributed by atoms with E-state index in [-0.39, 0.29) is 5.91 Å². The highest BCUT2D eigenvalue weighted by Gasteiger charge is 2.15. The van der Waals surface area contributed by atoms with Crippen LogP contribution in [0.15, 0.2) is 24.3 Å². The second-order valence-electron chi connectivity index (χ2n) is 5.18. The van der Waals surface area contributed by atoms with Crippen LogP contribution in [0.1, 0.15) is 19.2 Å². The van der Waals surface area contributed by atoms with Crippen LogP contribution in [0, 0.1) is 0 Å². The van der Waals surface area contributed by atoms with Gasteiger partial charge < -0.3 is 10.2 Å². The molecule has 1 heterocycles. The smallest absolute Gasteiger partial charge is 0.279 e. The maximum Gasteiger partial charge on any atom is 0.279 e. The average molecular weight is 324 g/mol. The molecule has 22 heavy (non-hydrogen) atoms. The topological polar surface area (TPSA) is 77.1 Å². The predicted octanol–water partition coefficient (Wildman–Crippen LogP) is 0.390. The highest BCUT2D eigenvalue weighted by atomic mass is 35.5. The maximum absolute atomic E-state index is 12.0. The molecule has 1 unspecified atom stereocenters. The molecule has 0 aliphatic carbocycles. The number of hydrogen-bond acceptors (Lipinski definition) is 4. The van der Waals surface area contributed by atoms with Gasteiger partial charge in [0, 0.05) is 17.3 Å². The summed E-state index contributed by atoms with van der Waals surface area (Å²) < 4.78 is 1.78. The molecule has 0 aliphatic rings. The van der Waals surface area contributed by atoms with Crippen molar-refractivity contribution in [3.05, 3.63) is 35.1 Å². The van der Waals surface area contributed by atoms with E-state index in [0.29, 0.717) is 18.1 Å². The van der Waals surface area contributed by atoms with Crippen molar-refractivity contribution in [2.45, 2.75) is 26.4 Å². The van der Waals surface area contributed by atoms with E-state index >= 15 is 0 Å². The standard InChI is InChI=1S/C14H19ClN6O/c1-3-8-21-13(17-18-19-21)9-20(2)10-14(22)16-12-6-4-11(15)5-7-12/h4-7H,3,8-10H2,1-2H3,(H,16,22)/p+1. The minimum Gasteiger partial charge on any atom is -0.323 e. The van der Waals surface area contributed by atoms with Crippen molar-refractivity contribution in [2.75, 3.05) is 18.9 Å². The molecule has 7 nitrogen and oxygen atoms in total. The molecule has 0 saturated heterocycles. The van der Waals surface area contributed by atoms with Gasteiger partial charge in [-0.2, -0.15) is 0 Å². The Hall–Kier alpha value is -1.99. The third kappa shape index (κ3) is 4.78. The van der Waals surface area contributed by atoms with Crippen LogP contribution in [0.4, 0.5) is 5.69 Å². The Morgan fingerprint density at radius 2 is 2.09 bits per heavy atom. The van der Waals surface area contributed by atoms with Crippen molar-refractivity contribution < 1.29 is 9.69 Å². The van der Waals surface area contributed by atoms with Gasteiger partial charge in [0.25, 0.3) is 5.91 Å². The van der Waals surface area contributed by atoms with E-state index in [9.17, 15) is 4.79 Å². The van der Waals surface area contributed by atoms with E-state index in [2.05, 4.69) is 27.8 Å². The SMILES string of the molecule is CCCn1nnnc1C[NH+](C)CC(=O)Nc1ccc(Cl)cc1. The fourth-order valence-corrected chi connectivity index (χ4v) is 2.21. The molecule has 0 fully saturated rings. The number of anilines is 1. The zero-order valence-corrected chi connectivity index (χ0v) is 13.5. The molecule has 0 aliphatic heterocycles. The number of halogens is 1. The lowest BCUT2D eigenvalue weighted by Crippen LogP contribution is -3.08.